The number of hydrogen-bond donors (Lipinski definition) is 2. The van der Waals surface area contributed by atoms with Crippen LogP contribution in [0.5, 0.6) is 5.75 Å². The first-order valence-corrected chi connectivity index (χ1v) is 10.8. The number of hydrogen-bond acceptors (Lipinski definition) is 5. The van der Waals surface area contributed by atoms with E-state index < -0.39 is 27.9 Å². The van der Waals surface area contributed by atoms with Gasteiger partial charge in [-0.3, -0.25) is 13.9 Å². The van der Waals surface area contributed by atoms with Crippen LogP contribution in [0.15, 0.2) is 83.8 Å². The molecule has 2 amide bonds. The number of carbonyl (C=O) groups is 2. The van der Waals surface area contributed by atoms with Crippen LogP contribution in [0.25, 0.3) is 0 Å². The summed E-state index contributed by atoms with van der Waals surface area (Å²) in [6.07, 6.45) is -1.11. The molecular formula is C22H19N3O5S. The molecule has 0 aromatic heterocycles. The number of nitrogens with one attached hydrogen (secondary N) is 1. The highest BCUT2D eigenvalue weighted by molar-refractivity contribution is 7.92. The van der Waals surface area contributed by atoms with E-state index in [9.17, 15) is 18.0 Å². The van der Waals surface area contributed by atoms with E-state index in [1.807, 2.05) is 0 Å². The number of ether oxygens (including phenoxy) is 1. The standard InChI is InChI=1S/C22H19N3O5S/c23-21(26)15-7-6-8-16(13-15)24-22(27)20-14-25(18-11-4-5-12-19(18)30-20)31(28,29)17-9-2-1-3-10-17/h1-13,20H,14H2,(H2,23,26)(H,24,27). The first-order chi connectivity index (χ1) is 14.9. The monoisotopic (exact) mass is 437 g/mol. The molecule has 0 radical (unpaired) electrons. The van der Waals surface area contributed by atoms with Gasteiger partial charge < -0.3 is 15.8 Å². The number of benzene rings is 3. The second-order valence-corrected chi connectivity index (χ2v) is 8.72. The van der Waals surface area contributed by atoms with Crippen LogP contribution in [0, 0.1) is 0 Å². The fourth-order valence-electron chi connectivity index (χ4n) is 3.26. The van der Waals surface area contributed by atoms with Crippen molar-refractivity contribution in [3.05, 3.63) is 84.4 Å². The van der Waals surface area contributed by atoms with Gasteiger partial charge in [0.2, 0.25) is 5.91 Å². The molecule has 0 spiro atoms. The van der Waals surface area contributed by atoms with Gasteiger partial charge in [-0.1, -0.05) is 36.4 Å². The molecule has 9 heteroatoms. The zero-order chi connectivity index (χ0) is 22.0. The largest absolute Gasteiger partial charge is 0.476 e. The van der Waals surface area contributed by atoms with Crippen molar-refractivity contribution in [3.8, 4) is 5.75 Å². The van der Waals surface area contributed by atoms with Crippen molar-refractivity contribution in [3.63, 3.8) is 0 Å². The van der Waals surface area contributed by atoms with Gasteiger partial charge in [0.05, 0.1) is 17.1 Å². The highest BCUT2D eigenvalue weighted by Crippen LogP contribution is 2.36. The molecule has 1 aliphatic rings. The Morgan fingerprint density at radius 1 is 0.968 bits per heavy atom. The molecule has 3 aromatic carbocycles. The van der Waals surface area contributed by atoms with Gasteiger partial charge in [0, 0.05) is 11.3 Å². The first kappa shape index (κ1) is 20.4. The summed E-state index contributed by atoms with van der Waals surface area (Å²) in [6.45, 7) is -0.213. The summed E-state index contributed by atoms with van der Waals surface area (Å²) >= 11 is 0. The van der Waals surface area contributed by atoms with Crippen molar-refractivity contribution in [2.75, 3.05) is 16.2 Å². The van der Waals surface area contributed by atoms with Crippen molar-refractivity contribution in [1.82, 2.24) is 0 Å². The second-order valence-electron chi connectivity index (χ2n) is 6.86. The van der Waals surface area contributed by atoms with Gasteiger partial charge >= 0.3 is 0 Å². The lowest BCUT2D eigenvalue weighted by molar-refractivity contribution is -0.122. The lowest BCUT2D eigenvalue weighted by Gasteiger charge is -2.34. The van der Waals surface area contributed by atoms with Crippen LogP contribution < -0.4 is 20.1 Å². The topological polar surface area (TPSA) is 119 Å². The summed E-state index contributed by atoms with van der Waals surface area (Å²) in [5, 5.41) is 2.66. The average Bonchev–Trinajstić information content (AvgIpc) is 2.79. The molecule has 8 nitrogen and oxygen atoms in total. The molecule has 1 aliphatic heterocycles. The number of para-hydroxylation sites is 2. The Bertz CT molecular complexity index is 1240. The highest BCUT2D eigenvalue weighted by atomic mass is 32.2. The van der Waals surface area contributed by atoms with E-state index in [1.165, 1.54) is 28.6 Å². The zero-order valence-corrected chi connectivity index (χ0v) is 17.1. The number of carbonyl (C=O) groups excluding carboxylic acids is 2. The van der Waals surface area contributed by atoms with Crippen molar-refractivity contribution < 1.29 is 22.7 Å². The maximum atomic E-state index is 13.3. The molecule has 1 heterocycles. The van der Waals surface area contributed by atoms with Crippen LogP contribution in [0.1, 0.15) is 10.4 Å². The van der Waals surface area contributed by atoms with Gasteiger partial charge in [-0.05, 0) is 42.5 Å². The van der Waals surface area contributed by atoms with E-state index in [2.05, 4.69) is 5.32 Å². The summed E-state index contributed by atoms with van der Waals surface area (Å²) in [7, 11) is -3.92. The van der Waals surface area contributed by atoms with Gasteiger partial charge in [0.25, 0.3) is 15.9 Å². The van der Waals surface area contributed by atoms with Gasteiger partial charge in [0.1, 0.15) is 5.75 Å². The summed E-state index contributed by atoms with van der Waals surface area (Å²) in [6, 6.07) is 20.8. The Labute approximate surface area is 179 Å². The Hall–Kier alpha value is -3.85. The van der Waals surface area contributed by atoms with Crippen molar-refractivity contribution in [1.29, 1.82) is 0 Å². The van der Waals surface area contributed by atoms with E-state index >= 15 is 0 Å². The first-order valence-electron chi connectivity index (χ1n) is 9.40. The smallest absolute Gasteiger partial charge is 0.267 e. The fraction of sp³-hybridized carbons (Fsp3) is 0.0909. The number of anilines is 2. The molecular weight excluding hydrogens is 418 g/mol. The summed E-state index contributed by atoms with van der Waals surface area (Å²) in [4.78, 5) is 24.4. The number of sulfonamides is 1. The van der Waals surface area contributed by atoms with Gasteiger partial charge in [-0.2, -0.15) is 0 Å². The molecule has 1 atom stereocenters. The van der Waals surface area contributed by atoms with Crippen LogP contribution in [-0.2, 0) is 14.8 Å². The average molecular weight is 437 g/mol. The van der Waals surface area contributed by atoms with Crippen molar-refractivity contribution >= 4 is 33.2 Å². The van der Waals surface area contributed by atoms with Gasteiger partial charge in [-0.25, -0.2) is 8.42 Å². The molecule has 158 valence electrons. The number of fused-ring (bicyclic) bond motifs is 1. The van der Waals surface area contributed by atoms with Crippen LogP contribution in [0.4, 0.5) is 11.4 Å². The molecule has 3 aromatic rings. The lowest BCUT2D eigenvalue weighted by atomic mass is 10.1. The Kier molecular flexibility index (Phi) is 5.35. The van der Waals surface area contributed by atoms with E-state index in [-0.39, 0.29) is 22.8 Å². The summed E-state index contributed by atoms with van der Waals surface area (Å²) in [5.74, 6) is -0.900. The van der Waals surface area contributed by atoms with Crippen LogP contribution >= 0.6 is 0 Å². The predicted molar refractivity (Wildman–Crippen MR) is 115 cm³/mol. The molecule has 0 fully saturated rings. The highest BCUT2D eigenvalue weighted by Gasteiger charge is 2.37. The number of nitrogens with two attached hydrogens (primary N) is 1. The SMILES string of the molecule is NC(=O)c1cccc(NC(=O)C2CN(S(=O)(=O)c3ccccc3)c3ccccc3O2)c1. The number of nitrogens with zero attached hydrogens (tertiary/aromatic N) is 1. The van der Waals surface area contributed by atoms with Crippen LogP contribution in [0.3, 0.4) is 0 Å². The number of primary amides is 1. The molecule has 0 aliphatic carbocycles. The Morgan fingerprint density at radius 3 is 2.42 bits per heavy atom. The molecule has 4 rings (SSSR count). The summed E-state index contributed by atoms with van der Waals surface area (Å²) in [5.41, 5.74) is 6.22. The quantitative estimate of drug-likeness (QED) is 0.635. The van der Waals surface area contributed by atoms with Gasteiger partial charge in [-0.15, -0.1) is 0 Å². The molecule has 31 heavy (non-hydrogen) atoms. The predicted octanol–water partition coefficient (Wildman–Crippen LogP) is 2.38. The van der Waals surface area contributed by atoms with Gasteiger partial charge in [0.15, 0.2) is 6.10 Å². The normalized spacial score (nSPS) is 15.5. The van der Waals surface area contributed by atoms with E-state index in [4.69, 9.17) is 10.5 Å². The van der Waals surface area contributed by atoms with E-state index in [0.717, 1.165) is 0 Å². The second kappa shape index (κ2) is 8.11. The van der Waals surface area contributed by atoms with Crippen molar-refractivity contribution in [2.24, 2.45) is 5.73 Å². The molecule has 3 N–H and O–H groups in total. The molecule has 0 saturated carbocycles. The maximum Gasteiger partial charge on any atom is 0.267 e. The third-order valence-electron chi connectivity index (χ3n) is 4.77. The molecule has 1 unspecified atom stereocenters. The lowest BCUT2D eigenvalue weighted by Crippen LogP contribution is -2.48. The number of rotatable bonds is 5. The minimum absolute atomic E-state index is 0.111. The minimum atomic E-state index is -3.92. The van der Waals surface area contributed by atoms with E-state index in [1.54, 1.807) is 54.6 Å². The third kappa shape index (κ3) is 4.08. The van der Waals surface area contributed by atoms with Crippen LogP contribution in [-0.4, -0.2) is 32.9 Å². The Balaban J connectivity index is 1.65. The number of amides is 2. The molecule has 0 bridgehead atoms. The fourth-order valence-corrected chi connectivity index (χ4v) is 4.76. The summed E-state index contributed by atoms with van der Waals surface area (Å²) < 4.78 is 33.5. The molecule has 0 saturated heterocycles. The third-order valence-corrected chi connectivity index (χ3v) is 6.57. The van der Waals surface area contributed by atoms with E-state index in [0.29, 0.717) is 11.4 Å². The van der Waals surface area contributed by atoms with Crippen LogP contribution in [0.2, 0.25) is 0 Å². The minimum Gasteiger partial charge on any atom is -0.476 e. The Morgan fingerprint density at radius 2 is 1.68 bits per heavy atom. The maximum absolute atomic E-state index is 13.3. The van der Waals surface area contributed by atoms with Crippen molar-refractivity contribution in [2.45, 2.75) is 11.0 Å². The zero-order valence-electron chi connectivity index (χ0n) is 16.3.